The maximum Gasteiger partial charge on any atom is 0.262 e. The normalized spacial score (nSPS) is 14.0. The van der Waals surface area contributed by atoms with Gasteiger partial charge in [-0.15, -0.1) is 0 Å². The predicted octanol–water partition coefficient (Wildman–Crippen LogP) is 2.33. The molecule has 0 aliphatic carbocycles. The van der Waals surface area contributed by atoms with Crippen molar-refractivity contribution in [3.63, 3.8) is 0 Å². The van der Waals surface area contributed by atoms with Crippen LogP contribution >= 0.6 is 0 Å². The Bertz CT molecular complexity index is 980. The zero-order chi connectivity index (χ0) is 17.6. The Labute approximate surface area is 140 Å². The molecule has 3 rings (SSSR count). The van der Waals surface area contributed by atoms with E-state index in [-0.39, 0.29) is 27.6 Å². The monoisotopic (exact) mass is 344 g/mol. The summed E-state index contributed by atoms with van der Waals surface area (Å²) in [7, 11) is -2.39. The summed E-state index contributed by atoms with van der Waals surface area (Å²) in [6.45, 7) is 3.53. The molecule has 1 aliphatic heterocycles. The molecule has 0 aromatic heterocycles. The first kappa shape index (κ1) is 16.2. The average Bonchev–Trinajstić information content (AvgIpc) is 2.74. The molecule has 1 aliphatic rings. The number of anilines is 1. The molecule has 2 aromatic carbocycles. The number of nitrogens with one attached hydrogen (secondary N) is 1. The van der Waals surface area contributed by atoms with Crippen molar-refractivity contribution in [3.8, 4) is 0 Å². The fourth-order valence-corrected chi connectivity index (χ4v) is 4.01. The third-order valence-electron chi connectivity index (χ3n) is 3.98. The SMILES string of the molecule is Cc1ccc(C)c(S(=O)(=O)Nc2ccc3c(c2)C(=O)N(C)C3=O)c1. The fraction of sp³-hybridized carbons (Fsp3) is 0.176. The van der Waals surface area contributed by atoms with E-state index < -0.39 is 15.9 Å². The van der Waals surface area contributed by atoms with Crippen LogP contribution in [-0.4, -0.2) is 32.2 Å². The van der Waals surface area contributed by atoms with Crippen molar-refractivity contribution in [2.24, 2.45) is 0 Å². The zero-order valence-corrected chi connectivity index (χ0v) is 14.3. The molecule has 2 aromatic rings. The van der Waals surface area contributed by atoms with Gasteiger partial charge >= 0.3 is 0 Å². The second-order valence-corrected chi connectivity index (χ2v) is 7.45. The van der Waals surface area contributed by atoms with Crippen LogP contribution in [0.5, 0.6) is 0 Å². The van der Waals surface area contributed by atoms with Crippen LogP contribution in [0.3, 0.4) is 0 Å². The molecule has 0 radical (unpaired) electrons. The van der Waals surface area contributed by atoms with E-state index in [9.17, 15) is 18.0 Å². The van der Waals surface area contributed by atoms with Crippen LogP contribution in [0.15, 0.2) is 41.3 Å². The Kier molecular flexibility index (Phi) is 3.68. The number of carbonyl (C=O) groups is 2. The number of hydrogen-bond acceptors (Lipinski definition) is 4. The third-order valence-corrected chi connectivity index (χ3v) is 5.50. The Hall–Kier alpha value is -2.67. The molecule has 0 saturated heterocycles. The molecule has 24 heavy (non-hydrogen) atoms. The average molecular weight is 344 g/mol. The molecular formula is C17H16N2O4S. The lowest BCUT2D eigenvalue weighted by atomic mass is 10.1. The van der Waals surface area contributed by atoms with E-state index in [1.165, 1.54) is 25.2 Å². The van der Waals surface area contributed by atoms with E-state index in [2.05, 4.69) is 4.72 Å². The van der Waals surface area contributed by atoms with Gasteiger partial charge in [0.25, 0.3) is 21.8 Å². The van der Waals surface area contributed by atoms with E-state index in [0.29, 0.717) is 5.56 Å². The summed E-state index contributed by atoms with van der Waals surface area (Å²) >= 11 is 0. The lowest BCUT2D eigenvalue weighted by Crippen LogP contribution is -2.24. The Balaban J connectivity index is 1.99. The lowest BCUT2D eigenvalue weighted by molar-refractivity contribution is 0.0693. The number of imide groups is 1. The molecular weight excluding hydrogens is 328 g/mol. The van der Waals surface area contributed by atoms with Crippen LogP contribution in [0, 0.1) is 13.8 Å². The number of fused-ring (bicyclic) bond motifs is 1. The molecule has 2 amide bonds. The Morgan fingerprint density at radius 2 is 1.58 bits per heavy atom. The highest BCUT2D eigenvalue weighted by Crippen LogP contribution is 2.27. The molecule has 124 valence electrons. The standard InChI is InChI=1S/C17H16N2O4S/c1-10-4-5-11(2)15(8-10)24(22,23)18-12-6-7-13-14(9-12)17(21)19(3)16(13)20/h4-9,18H,1-3H3. The molecule has 0 saturated carbocycles. The molecule has 0 atom stereocenters. The minimum Gasteiger partial charge on any atom is -0.280 e. The molecule has 0 fully saturated rings. The second-order valence-electron chi connectivity index (χ2n) is 5.80. The van der Waals surface area contributed by atoms with E-state index in [1.807, 2.05) is 13.0 Å². The number of carbonyl (C=O) groups excluding carboxylic acids is 2. The van der Waals surface area contributed by atoms with Gasteiger partial charge in [-0.2, -0.15) is 0 Å². The van der Waals surface area contributed by atoms with Gasteiger partial charge in [-0.05, 0) is 49.2 Å². The summed E-state index contributed by atoms with van der Waals surface area (Å²) in [6, 6.07) is 9.49. The summed E-state index contributed by atoms with van der Waals surface area (Å²) in [5.74, 6) is -0.832. The van der Waals surface area contributed by atoms with Crippen molar-refractivity contribution < 1.29 is 18.0 Å². The highest BCUT2D eigenvalue weighted by Gasteiger charge is 2.33. The van der Waals surface area contributed by atoms with Gasteiger partial charge in [-0.25, -0.2) is 8.42 Å². The summed E-state index contributed by atoms with van der Waals surface area (Å²) in [6.07, 6.45) is 0. The van der Waals surface area contributed by atoms with E-state index >= 15 is 0 Å². The largest absolute Gasteiger partial charge is 0.280 e. The van der Waals surface area contributed by atoms with Crippen molar-refractivity contribution in [1.29, 1.82) is 0 Å². The quantitative estimate of drug-likeness (QED) is 0.866. The number of rotatable bonds is 3. The maximum atomic E-state index is 12.6. The lowest BCUT2D eigenvalue weighted by Gasteiger charge is -2.11. The summed E-state index contributed by atoms with van der Waals surface area (Å²) in [4.78, 5) is 25.1. The smallest absolute Gasteiger partial charge is 0.262 e. The van der Waals surface area contributed by atoms with Crippen LogP contribution in [0.25, 0.3) is 0 Å². The number of aryl methyl sites for hydroxylation is 2. The first-order valence-electron chi connectivity index (χ1n) is 7.27. The summed E-state index contributed by atoms with van der Waals surface area (Å²) in [5, 5.41) is 0. The van der Waals surface area contributed by atoms with Gasteiger partial charge in [0, 0.05) is 12.7 Å². The highest BCUT2D eigenvalue weighted by atomic mass is 32.2. The van der Waals surface area contributed by atoms with Crippen molar-refractivity contribution in [2.75, 3.05) is 11.8 Å². The summed E-state index contributed by atoms with van der Waals surface area (Å²) < 4.78 is 27.7. The van der Waals surface area contributed by atoms with Gasteiger partial charge in [0.2, 0.25) is 0 Å². The van der Waals surface area contributed by atoms with Crippen molar-refractivity contribution in [1.82, 2.24) is 4.90 Å². The zero-order valence-electron chi connectivity index (χ0n) is 13.5. The molecule has 6 nitrogen and oxygen atoms in total. The maximum absolute atomic E-state index is 12.6. The van der Waals surface area contributed by atoms with Gasteiger partial charge < -0.3 is 0 Å². The van der Waals surface area contributed by atoms with Gasteiger partial charge in [0.05, 0.1) is 16.0 Å². The molecule has 0 spiro atoms. The Morgan fingerprint density at radius 3 is 2.29 bits per heavy atom. The topological polar surface area (TPSA) is 83.6 Å². The van der Waals surface area contributed by atoms with Gasteiger partial charge in [-0.1, -0.05) is 12.1 Å². The van der Waals surface area contributed by atoms with Gasteiger partial charge in [0.1, 0.15) is 0 Å². The number of amides is 2. The van der Waals surface area contributed by atoms with Gasteiger partial charge in [0.15, 0.2) is 0 Å². The number of nitrogens with zero attached hydrogens (tertiary/aromatic N) is 1. The van der Waals surface area contributed by atoms with Gasteiger partial charge in [-0.3, -0.25) is 19.2 Å². The number of hydrogen-bond donors (Lipinski definition) is 1. The van der Waals surface area contributed by atoms with Crippen molar-refractivity contribution in [3.05, 3.63) is 58.7 Å². The first-order chi connectivity index (χ1) is 11.2. The Morgan fingerprint density at radius 1 is 0.917 bits per heavy atom. The third kappa shape index (κ3) is 2.56. The fourth-order valence-electron chi connectivity index (χ4n) is 2.63. The molecule has 1 N–H and O–H groups in total. The van der Waals surface area contributed by atoms with Crippen molar-refractivity contribution in [2.45, 2.75) is 18.7 Å². The van der Waals surface area contributed by atoms with Crippen LogP contribution in [0.4, 0.5) is 5.69 Å². The highest BCUT2D eigenvalue weighted by molar-refractivity contribution is 7.92. The van der Waals surface area contributed by atoms with Crippen molar-refractivity contribution >= 4 is 27.5 Å². The summed E-state index contributed by atoms with van der Waals surface area (Å²) in [5.41, 5.74) is 2.17. The van der Waals surface area contributed by atoms with E-state index in [1.54, 1.807) is 19.1 Å². The minimum atomic E-state index is -3.79. The molecule has 0 unspecified atom stereocenters. The molecule has 1 heterocycles. The number of benzene rings is 2. The first-order valence-corrected chi connectivity index (χ1v) is 8.75. The van der Waals surface area contributed by atoms with Crippen LogP contribution in [0.1, 0.15) is 31.8 Å². The van der Waals surface area contributed by atoms with Crippen LogP contribution in [-0.2, 0) is 10.0 Å². The van der Waals surface area contributed by atoms with E-state index in [4.69, 9.17) is 0 Å². The molecule has 7 heteroatoms. The van der Waals surface area contributed by atoms with E-state index in [0.717, 1.165) is 10.5 Å². The van der Waals surface area contributed by atoms with Crippen LogP contribution < -0.4 is 4.72 Å². The van der Waals surface area contributed by atoms with Crippen LogP contribution in [0.2, 0.25) is 0 Å². The molecule has 0 bridgehead atoms. The second kappa shape index (κ2) is 5.45. The minimum absolute atomic E-state index is 0.183. The number of sulfonamides is 1. The predicted molar refractivity (Wildman–Crippen MR) is 89.6 cm³/mol.